The first-order valence-corrected chi connectivity index (χ1v) is 12.4. The summed E-state index contributed by atoms with van der Waals surface area (Å²) in [7, 11) is 0. The number of rotatable bonds is 19. The predicted molar refractivity (Wildman–Crippen MR) is 136 cm³/mol. The van der Waals surface area contributed by atoms with E-state index in [0.717, 1.165) is 57.8 Å². The Balaban J connectivity index is 4.01. The van der Waals surface area contributed by atoms with Gasteiger partial charge in [0.1, 0.15) is 0 Å². The molecule has 0 fully saturated rings. The largest absolute Gasteiger partial charge is 0.388 e. The fourth-order valence-corrected chi connectivity index (χ4v) is 3.13. The summed E-state index contributed by atoms with van der Waals surface area (Å²) in [5.41, 5.74) is -0.774. The second kappa shape index (κ2) is 21.4. The molecule has 3 heteroatoms. The van der Waals surface area contributed by atoms with E-state index in [1.165, 1.54) is 19.3 Å². The molecule has 0 aromatic heterocycles. The van der Waals surface area contributed by atoms with E-state index in [2.05, 4.69) is 50.4 Å². The molecule has 0 rings (SSSR count). The molecule has 0 heterocycles. The molecule has 0 atom stereocenters. The van der Waals surface area contributed by atoms with Gasteiger partial charge in [0.05, 0.1) is 5.60 Å². The van der Waals surface area contributed by atoms with Crippen molar-refractivity contribution in [2.24, 2.45) is 0 Å². The van der Waals surface area contributed by atoms with Crippen molar-refractivity contribution >= 4 is 5.91 Å². The van der Waals surface area contributed by atoms with Crippen LogP contribution in [0.15, 0.2) is 60.8 Å². The second-order valence-electron chi connectivity index (χ2n) is 8.25. The molecule has 0 aromatic rings. The van der Waals surface area contributed by atoms with E-state index < -0.39 is 5.60 Å². The smallest absolute Gasteiger partial charge is 0.243 e. The van der Waals surface area contributed by atoms with Crippen LogP contribution in [-0.2, 0) is 4.79 Å². The molecule has 0 aliphatic heterocycles. The molecule has 0 spiro atoms. The molecular weight excluding hydrogens is 382 g/mol. The van der Waals surface area contributed by atoms with Crippen LogP contribution in [0.4, 0.5) is 0 Å². The topological polar surface area (TPSA) is 49.3 Å². The summed E-state index contributed by atoms with van der Waals surface area (Å²) in [5.74, 6) is -0.122. The van der Waals surface area contributed by atoms with Gasteiger partial charge in [0.2, 0.25) is 5.91 Å². The highest BCUT2D eigenvalue weighted by atomic mass is 16.3. The minimum atomic E-state index is -0.774. The molecular formula is C28H47NO2. The van der Waals surface area contributed by atoms with Gasteiger partial charge in [-0.1, -0.05) is 114 Å². The van der Waals surface area contributed by atoms with Crippen molar-refractivity contribution in [2.75, 3.05) is 6.54 Å². The fraction of sp³-hybridized carbons (Fsp3) is 0.607. The second-order valence-corrected chi connectivity index (χ2v) is 8.25. The standard InChI is InChI=1S/C28H47NO2/c1-4-7-10-11-12-13-14-15-16-17-18-19-20-21-22-23-27(30)29-26-28(31,24-8-5-2)25-9-6-3/h12-19,22-23,31H,4-11,20-21,24-26H2,1-3H3,(H,29,30). The minimum absolute atomic E-state index is 0.122. The maximum atomic E-state index is 12.0. The van der Waals surface area contributed by atoms with E-state index in [4.69, 9.17) is 0 Å². The molecule has 0 aliphatic carbocycles. The summed E-state index contributed by atoms with van der Waals surface area (Å²) in [5, 5.41) is 13.6. The molecule has 0 saturated heterocycles. The van der Waals surface area contributed by atoms with E-state index in [1.54, 1.807) is 6.08 Å². The number of nitrogens with one attached hydrogen (secondary N) is 1. The van der Waals surface area contributed by atoms with Crippen LogP contribution in [0.1, 0.15) is 97.8 Å². The molecule has 0 radical (unpaired) electrons. The highest BCUT2D eigenvalue weighted by Crippen LogP contribution is 2.20. The van der Waals surface area contributed by atoms with Gasteiger partial charge in [0.25, 0.3) is 0 Å². The summed E-state index contributed by atoms with van der Waals surface area (Å²) in [6.45, 7) is 6.80. The number of unbranched alkanes of at least 4 members (excludes halogenated alkanes) is 6. The third-order valence-electron chi connectivity index (χ3n) is 5.15. The van der Waals surface area contributed by atoms with Crippen LogP contribution in [0, 0.1) is 0 Å². The van der Waals surface area contributed by atoms with Gasteiger partial charge in [-0.3, -0.25) is 4.79 Å². The lowest BCUT2D eigenvalue weighted by Gasteiger charge is -2.28. The van der Waals surface area contributed by atoms with E-state index >= 15 is 0 Å². The maximum absolute atomic E-state index is 12.0. The molecule has 0 aliphatic rings. The summed E-state index contributed by atoms with van der Waals surface area (Å²) in [6.07, 6.45) is 32.4. The Morgan fingerprint density at radius 2 is 1.23 bits per heavy atom. The number of carbonyl (C=O) groups excluding carboxylic acids is 1. The Hall–Kier alpha value is -1.87. The van der Waals surface area contributed by atoms with Crippen molar-refractivity contribution in [3.8, 4) is 0 Å². The van der Waals surface area contributed by atoms with E-state index in [1.807, 2.05) is 30.4 Å². The van der Waals surface area contributed by atoms with Crippen molar-refractivity contribution in [3.05, 3.63) is 60.8 Å². The molecule has 0 saturated carbocycles. The van der Waals surface area contributed by atoms with Crippen LogP contribution in [0.25, 0.3) is 0 Å². The van der Waals surface area contributed by atoms with Crippen molar-refractivity contribution in [3.63, 3.8) is 0 Å². The van der Waals surface area contributed by atoms with Crippen LogP contribution in [0.2, 0.25) is 0 Å². The average Bonchev–Trinajstić information content (AvgIpc) is 2.77. The van der Waals surface area contributed by atoms with Crippen LogP contribution in [0.3, 0.4) is 0 Å². The van der Waals surface area contributed by atoms with E-state index in [9.17, 15) is 9.90 Å². The van der Waals surface area contributed by atoms with Crippen LogP contribution in [0.5, 0.6) is 0 Å². The molecule has 176 valence electrons. The highest BCUT2D eigenvalue weighted by Gasteiger charge is 2.25. The van der Waals surface area contributed by atoms with Gasteiger partial charge in [-0.05, 0) is 44.6 Å². The van der Waals surface area contributed by atoms with Gasteiger partial charge in [-0.25, -0.2) is 0 Å². The first-order chi connectivity index (χ1) is 15.1. The third kappa shape index (κ3) is 19.8. The van der Waals surface area contributed by atoms with Crippen molar-refractivity contribution in [1.82, 2.24) is 5.32 Å². The van der Waals surface area contributed by atoms with Gasteiger partial charge in [-0.15, -0.1) is 0 Å². The summed E-state index contributed by atoms with van der Waals surface area (Å²) in [6, 6.07) is 0. The number of amides is 1. The zero-order valence-electron chi connectivity index (χ0n) is 20.3. The monoisotopic (exact) mass is 429 g/mol. The lowest BCUT2D eigenvalue weighted by Crippen LogP contribution is -2.42. The van der Waals surface area contributed by atoms with Gasteiger partial charge in [-0.2, -0.15) is 0 Å². The fourth-order valence-electron chi connectivity index (χ4n) is 3.13. The molecule has 0 bridgehead atoms. The number of hydrogen-bond acceptors (Lipinski definition) is 2. The van der Waals surface area contributed by atoms with Crippen LogP contribution >= 0.6 is 0 Å². The molecule has 1 amide bonds. The number of carbonyl (C=O) groups is 1. The van der Waals surface area contributed by atoms with E-state index in [-0.39, 0.29) is 5.91 Å². The van der Waals surface area contributed by atoms with Gasteiger partial charge in [0.15, 0.2) is 0 Å². The first-order valence-electron chi connectivity index (χ1n) is 12.4. The third-order valence-corrected chi connectivity index (χ3v) is 5.15. The highest BCUT2D eigenvalue weighted by molar-refractivity contribution is 5.87. The molecule has 31 heavy (non-hydrogen) atoms. The van der Waals surface area contributed by atoms with Crippen LogP contribution < -0.4 is 5.32 Å². The predicted octanol–water partition coefficient (Wildman–Crippen LogP) is 7.36. The van der Waals surface area contributed by atoms with Crippen molar-refractivity contribution in [1.29, 1.82) is 0 Å². The molecule has 3 nitrogen and oxygen atoms in total. The van der Waals surface area contributed by atoms with Crippen LogP contribution in [-0.4, -0.2) is 23.2 Å². The maximum Gasteiger partial charge on any atom is 0.243 e. The van der Waals surface area contributed by atoms with Crippen molar-refractivity contribution in [2.45, 2.75) is 103 Å². The Kier molecular flexibility index (Phi) is 20.1. The average molecular weight is 430 g/mol. The van der Waals surface area contributed by atoms with Gasteiger partial charge >= 0.3 is 0 Å². The molecule has 0 unspecified atom stereocenters. The first kappa shape index (κ1) is 29.1. The summed E-state index contributed by atoms with van der Waals surface area (Å²) in [4.78, 5) is 12.0. The lowest BCUT2D eigenvalue weighted by atomic mass is 9.91. The van der Waals surface area contributed by atoms with Crippen molar-refractivity contribution < 1.29 is 9.90 Å². The summed E-state index contributed by atoms with van der Waals surface area (Å²) >= 11 is 0. The summed E-state index contributed by atoms with van der Waals surface area (Å²) < 4.78 is 0. The SMILES string of the molecule is CCCCCC=CC=CC=CC=CCCC=CC(=O)NCC(O)(CCCC)CCCC. The Labute approximate surface area is 192 Å². The number of aliphatic hydroxyl groups is 1. The zero-order chi connectivity index (χ0) is 23.0. The molecule has 0 aromatic carbocycles. The Morgan fingerprint density at radius 3 is 1.81 bits per heavy atom. The Morgan fingerprint density at radius 1 is 0.710 bits per heavy atom. The number of hydrogen-bond donors (Lipinski definition) is 2. The lowest BCUT2D eigenvalue weighted by molar-refractivity contribution is -0.118. The van der Waals surface area contributed by atoms with Gasteiger partial charge in [0, 0.05) is 6.54 Å². The quantitative estimate of drug-likeness (QED) is 0.128. The number of allylic oxidation sites excluding steroid dienone is 9. The molecule has 2 N–H and O–H groups in total. The van der Waals surface area contributed by atoms with Gasteiger partial charge < -0.3 is 10.4 Å². The van der Waals surface area contributed by atoms with E-state index in [0.29, 0.717) is 6.54 Å². The zero-order valence-corrected chi connectivity index (χ0v) is 20.3. The minimum Gasteiger partial charge on any atom is -0.388 e. The normalized spacial score (nSPS) is 13.0. The Bertz CT molecular complexity index is 562.